The Kier molecular flexibility index (Phi) is 15.8. The van der Waals surface area contributed by atoms with Crippen LogP contribution in [0.3, 0.4) is 0 Å². The molecule has 300 valence electrons. The van der Waals surface area contributed by atoms with Crippen LogP contribution in [0, 0.1) is 11.6 Å². The van der Waals surface area contributed by atoms with Gasteiger partial charge >= 0.3 is 0 Å². The van der Waals surface area contributed by atoms with Crippen molar-refractivity contribution in [3.8, 4) is 0 Å². The number of carbonyl (C=O) groups excluding carboxylic acids is 3. The Hall–Kier alpha value is -5.57. The second-order valence-electron chi connectivity index (χ2n) is 15.2. The number of allylic oxidation sites excluding steroid dienone is 12. The molecule has 3 amide bonds. The Morgan fingerprint density at radius 2 is 1.44 bits per heavy atom. The molecule has 5 rings (SSSR count). The molecule has 2 N–H and O–H groups in total. The van der Waals surface area contributed by atoms with Crippen molar-refractivity contribution in [1.82, 2.24) is 20.1 Å². The fourth-order valence-corrected chi connectivity index (χ4v) is 7.29. The molecule has 3 heterocycles. The molecule has 1 aromatic heterocycles. The van der Waals surface area contributed by atoms with Crippen LogP contribution in [-0.4, -0.2) is 58.2 Å². The van der Waals surface area contributed by atoms with E-state index in [2.05, 4.69) is 84.1 Å². The van der Waals surface area contributed by atoms with E-state index in [0.29, 0.717) is 38.0 Å². The number of amides is 3. The van der Waals surface area contributed by atoms with Gasteiger partial charge in [0.2, 0.25) is 5.91 Å². The molecule has 0 saturated carbocycles. The average molecular weight is 775 g/mol. The summed E-state index contributed by atoms with van der Waals surface area (Å²) in [5.74, 6) is -3.06. The molecule has 57 heavy (non-hydrogen) atoms. The number of likely N-dealkylation sites (tertiary alicyclic amines) is 1. The first-order valence-electron chi connectivity index (χ1n) is 20.2. The summed E-state index contributed by atoms with van der Waals surface area (Å²) in [6, 6.07) is 10.5. The number of benzene rings is 2. The number of carbonyl (C=O) groups is 3. The van der Waals surface area contributed by atoms with E-state index in [0.717, 1.165) is 67.1 Å². The fraction of sp³-hybridized carbons (Fsp3) is 0.354. The maximum Gasteiger partial charge on any atom is 0.257 e. The Morgan fingerprint density at radius 1 is 0.825 bits per heavy atom. The van der Waals surface area contributed by atoms with Gasteiger partial charge in [-0.3, -0.25) is 14.4 Å². The van der Waals surface area contributed by atoms with Crippen LogP contribution in [0.4, 0.5) is 8.78 Å². The van der Waals surface area contributed by atoms with E-state index in [1.807, 2.05) is 44.2 Å². The number of fused-ring (bicyclic) bond motifs is 3. The second-order valence-corrected chi connectivity index (χ2v) is 15.2. The molecule has 7 nitrogen and oxygen atoms in total. The summed E-state index contributed by atoms with van der Waals surface area (Å²) in [5.41, 5.74) is 1.95. The maximum atomic E-state index is 14.2. The highest BCUT2D eigenvalue weighted by atomic mass is 19.2. The molecular weight excluding hydrogens is 719 g/mol. The summed E-state index contributed by atoms with van der Waals surface area (Å²) in [6.45, 7) is 7.25. The van der Waals surface area contributed by atoms with Crippen LogP contribution in [0.1, 0.15) is 100 Å². The minimum Gasteiger partial charge on any atom is -0.354 e. The van der Waals surface area contributed by atoms with Crippen molar-refractivity contribution >= 4 is 34.2 Å². The van der Waals surface area contributed by atoms with Crippen LogP contribution in [0.25, 0.3) is 16.5 Å². The maximum absolute atomic E-state index is 14.2. The van der Waals surface area contributed by atoms with Gasteiger partial charge in [0.15, 0.2) is 11.6 Å². The summed E-state index contributed by atoms with van der Waals surface area (Å²) in [6.07, 6.45) is 34.7. The van der Waals surface area contributed by atoms with Gasteiger partial charge in [-0.05, 0) is 81.2 Å². The van der Waals surface area contributed by atoms with Gasteiger partial charge in [0.25, 0.3) is 11.8 Å². The quantitative estimate of drug-likeness (QED) is 0.134. The second kappa shape index (κ2) is 21.1. The van der Waals surface area contributed by atoms with E-state index in [-0.39, 0.29) is 35.5 Å². The highest BCUT2D eigenvalue weighted by Crippen LogP contribution is 2.40. The van der Waals surface area contributed by atoms with Crippen molar-refractivity contribution in [3.05, 3.63) is 150 Å². The van der Waals surface area contributed by atoms with Gasteiger partial charge in [-0.1, -0.05) is 112 Å². The third-order valence-corrected chi connectivity index (χ3v) is 10.2. The van der Waals surface area contributed by atoms with Gasteiger partial charge in [-0.25, -0.2) is 8.78 Å². The van der Waals surface area contributed by atoms with Gasteiger partial charge in [0.1, 0.15) is 0 Å². The number of rotatable bonds is 17. The van der Waals surface area contributed by atoms with Crippen LogP contribution in [0.15, 0.2) is 122 Å². The molecule has 0 spiro atoms. The zero-order chi connectivity index (χ0) is 40.6. The van der Waals surface area contributed by atoms with E-state index >= 15 is 0 Å². The molecule has 2 aliphatic rings. The number of halogens is 2. The van der Waals surface area contributed by atoms with Gasteiger partial charge in [0.05, 0.1) is 11.3 Å². The fourth-order valence-electron chi connectivity index (χ4n) is 7.29. The third kappa shape index (κ3) is 12.0. The first kappa shape index (κ1) is 42.6. The predicted molar refractivity (Wildman–Crippen MR) is 227 cm³/mol. The number of nitrogens with zero attached hydrogens (tertiary/aromatic N) is 2. The number of aromatic nitrogens is 1. The minimum atomic E-state index is -1.12. The summed E-state index contributed by atoms with van der Waals surface area (Å²) in [5, 5.41) is 4.05. The summed E-state index contributed by atoms with van der Waals surface area (Å²) in [4.78, 5) is 47.6. The van der Waals surface area contributed by atoms with E-state index in [1.54, 1.807) is 4.90 Å². The van der Waals surface area contributed by atoms with Gasteiger partial charge < -0.3 is 20.1 Å². The van der Waals surface area contributed by atoms with Crippen LogP contribution >= 0.6 is 0 Å². The molecule has 0 aliphatic carbocycles. The zero-order valence-electron chi connectivity index (χ0n) is 33.5. The van der Waals surface area contributed by atoms with Crippen molar-refractivity contribution in [2.24, 2.45) is 0 Å². The monoisotopic (exact) mass is 774 g/mol. The van der Waals surface area contributed by atoms with Crippen LogP contribution in [0.2, 0.25) is 0 Å². The molecule has 9 heteroatoms. The van der Waals surface area contributed by atoms with E-state index < -0.39 is 23.0 Å². The Balaban J connectivity index is 1.10. The number of nitrogens with one attached hydrogen (secondary N) is 2. The molecule has 2 aliphatic heterocycles. The van der Waals surface area contributed by atoms with Crippen LogP contribution < -0.4 is 5.32 Å². The van der Waals surface area contributed by atoms with Crippen LogP contribution in [-0.2, 0) is 15.0 Å². The average Bonchev–Trinajstić information content (AvgIpc) is 3.81. The topological polar surface area (TPSA) is 85.5 Å². The smallest absolute Gasteiger partial charge is 0.257 e. The Bertz CT molecular complexity index is 2080. The summed E-state index contributed by atoms with van der Waals surface area (Å²) >= 11 is 0. The number of aromatic amines is 1. The first-order chi connectivity index (χ1) is 27.6. The predicted octanol–water partition coefficient (Wildman–Crippen LogP) is 10.4. The Morgan fingerprint density at radius 3 is 2.07 bits per heavy atom. The third-order valence-electron chi connectivity index (χ3n) is 10.2. The van der Waals surface area contributed by atoms with Crippen molar-refractivity contribution in [2.75, 3.05) is 19.6 Å². The van der Waals surface area contributed by atoms with Gasteiger partial charge in [0, 0.05) is 60.2 Å². The lowest BCUT2D eigenvalue weighted by atomic mass is 9.81. The van der Waals surface area contributed by atoms with Crippen molar-refractivity contribution < 1.29 is 23.2 Å². The van der Waals surface area contributed by atoms with E-state index in [1.165, 1.54) is 17.2 Å². The molecule has 1 fully saturated rings. The zero-order valence-corrected chi connectivity index (χ0v) is 33.5. The van der Waals surface area contributed by atoms with Crippen molar-refractivity contribution in [3.63, 3.8) is 0 Å². The number of hydrogen-bond acceptors (Lipinski definition) is 3. The number of H-pyrrole nitrogens is 1. The highest BCUT2D eigenvalue weighted by molar-refractivity contribution is 6.21. The molecule has 1 saturated heterocycles. The lowest BCUT2D eigenvalue weighted by Crippen LogP contribution is -2.39. The highest BCUT2D eigenvalue weighted by Gasteiger charge is 2.38. The van der Waals surface area contributed by atoms with E-state index in [4.69, 9.17) is 0 Å². The molecule has 0 bridgehead atoms. The number of hydrogen-bond donors (Lipinski definition) is 2. The van der Waals surface area contributed by atoms with Crippen molar-refractivity contribution in [2.45, 2.75) is 90.0 Å². The molecular formula is C48H56F2N4O3. The van der Waals surface area contributed by atoms with Gasteiger partial charge in [-0.15, -0.1) is 0 Å². The summed E-state index contributed by atoms with van der Waals surface area (Å²) in [7, 11) is 0. The first-order valence-corrected chi connectivity index (χ1v) is 20.2. The SMILES string of the molecule is CC/C=C\C/C=C\C/C=C\C/C=C\C/C=C\C/C=C\CCC(=O)N1CC[C@@H](NC(=O)C2=CN(C(=O)c3ccc(F)c(F)c3)CC(C)(C)c3c2[nH]c2ccccc32)C1. The van der Waals surface area contributed by atoms with Crippen LogP contribution in [0.5, 0.6) is 0 Å². The Labute approximate surface area is 336 Å². The molecule has 2 aromatic carbocycles. The molecule has 3 aromatic rings. The van der Waals surface area contributed by atoms with Gasteiger partial charge in [-0.2, -0.15) is 0 Å². The standard InChI is InChI=1S/C48H56F2N4O3/c1-4-5-6-7-8-9-10-11-12-13-14-15-16-17-18-19-20-21-22-27-43(55)53-31-30-37(33-53)51-46(56)39-34-54(47(57)36-28-29-40(49)41(50)32-36)35-48(2,3)44-38-25-23-24-26-42(38)52-45(39)44/h5-6,8-9,11-12,14-15,17-18,20-21,23-26,28-29,32,34,37,52H,4,7,10,13,16,19,22,27,30-31,33,35H2,1-3H3,(H,51,56)/b6-5-,9-8-,12-11-,15-14-,18-17-,21-20-/t37-/m1/s1. The van der Waals surface area contributed by atoms with Crippen molar-refractivity contribution in [1.29, 1.82) is 0 Å². The van der Waals surface area contributed by atoms with E-state index in [9.17, 15) is 23.2 Å². The molecule has 0 radical (unpaired) electrons. The molecule has 1 atom stereocenters. The molecule has 0 unspecified atom stereocenters. The lowest BCUT2D eigenvalue weighted by molar-refractivity contribution is -0.130. The normalized spacial score (nSPS) is 17.3. The minimum absolute atomic E-state index is 0.0231. The number of para-hydroxylation sites is 1. The lowest BCUT2D eigenvalue weighted by Gasteiger charge is -2.29. The summed E-state index contributed by atoms with van der Waals surface area (Å²) < 4.78 is 27.9. The largest absolute Gasteiger partial charge is 0.354 e.